The molecule has 3 heterocycles. The minimum Gasteiger partial charge on any atom is -0.497 e. The van der Waals surface area contributed by atoms with E-state index in [1.165, 1.54) is 0 Å². The van der Waals surface area contributed by atoms with Crippen molar-refractivity contribution in [3.63, 3.8) is 0 Å². The molecule has 0 aliphatic carbocycles. The predicted octanol–water partition coefficient (Wildman–Crippen LogP) is 3.67. The maximum Gasteiger partial charge on any atom is 0.203 e. The van der Waals surface area contributed by atoms with Gasteiger partial charge in [-0.15, -0.1) is 0 Å². The van der Waals surface area contributed by atoms with Gasteiger partial charge in [-0.05, 0) is 23.8 Å². The van der Waals surface area contributed by atoms with Crippen LogP contribution in [0.2, 0.25) is 0 Å². The van der Waals surface area contributed by atoms with Gasteiger partial charge in [0.25, 0.3) is 0 Å². The van der Waals surface area contributed by atoms with E-state index in [0.29, 0.717) is 6.54 Å². The lowest BCUT2D eigenvalue weighted by atomic mass is 10.2. The molecule has 4 rings (SSSR count). The number of imidazole rings is 1. The van der Waals surface area contributed by atoms with Crippen LogP contribution in [-0.4, -0.2) is 33.7 Å². The monoisotopic (exact) mass is 360 g/mol. The number of ether oxygens (including phenoxy) is 1. The quantitative estimate of drug-likeness (QED) is 0.546. The van der Waals surface area contributed by atoms with E-state index in [9.17, 15) is 0 Å². The molecule has 7 nitrogen and oxygen atoms in total. The summed E-state index contributed by atoms with van der Waals surface area (Å²) in [6, 6.07) is 13.7. The lowest BCUT2D eigenvalue weighted by molar-refractivity contribution is 0.415. The van der Waals surface area contributed by atoms with Gasteiger partial charge in [0.1, 0.15) is 17.1 Å². The van der Waals surface area contributed by atoms with Crippen LogP contribution in [0.15, 0.2) is 61.1 Å². The Morgan fingerprint density at radius 1 is 1.11 bits per heavy atom. The van der Waals surface area contributed by atoms with E-state index in [1.807, 2.05) is 49.6 Å². The van der Waals surface area contributed by atoms with Crippen LogP contribution in [0.1, 0.15) is 5.56 Å². The predicted molar refractivity (Wildman–Crippen MR) is 107 cm³/mol. The first kappa shape index (κ1) is 16.8. The zero-order valence-corrected chi connectivity index (χ0v) is 15.2. The number of nitrogens with one attached hydrogen (secondary N) is 2. The third kappa shape index (κ3) is 3.52. The van der Waals surface area contributed by atoms with Gasteiger partial charge < -0.3 is 19.9 Å². The van der Waals surface area contributed by atoms with E-state index in [0.717, 1.165) is 39.8 Å². The number of pyridine rings is 2. The fourth-order valence-corrected chi connectivity index (χ4v) is 2.97. The van der Waals surface area contributed by atoms with E-state index in [-0.39, 0.29) is 0 Å². The molecule has 0 radical (unpaired) electrons. The van der Waals surface area contributed by atoms with Crippen LogP contribution >= 0.6 is 0 Å². The number of hydrogen-bond donors (Lipinski definition) is 2. The van der Waals surface area contributed by atoms with Crippen LogP contribution in [0.4, 0.5) is 17.5 Å². The molecule has 0 amide bonds. The number of fused-ring (bicyclic) bond motifs is 1. The molecule has 0 unspecified atom stereocenters. The van der Waals surface area contributed by atoms with Crippen molar-refractivity contribution in [3.05, 3.63) is 66.6 Å². The Bertz CT molecular complexity index is 1060. The molecule has 3 aromatic heterocycles. The van der Waals surface area contributed by atoms with Crippen LogP contribution < -0.4 is 15.4 Å². The normalized spacial score (nSPS) is 10.7. The van der Waals surface area contributed by atoms with Crippen molar-refractivity contribution < 1.29 is 4.74 Å². The molecule has 4 aromatic rings. The molecule has 0 bridgehead atoms. The summed E-state index contributed by atoms with van der Waals surface area (Å²) < 4.78 is 7.39. The third-order valence-corrected chi connectivity index (χ3v) is 4.26. The van der Waals surface area contributed by atoms with E-state index >= 15 is 0 Å². The fourth-order valence-electron chi connectivity index (χ4n) is 2.97. The summed E-state index contributed by atoms with van der Waals surface area (Å²) in [6.07, 6.45) is 5.41. The van der Waals surface area contributed by atoms with Crippen LogP contribution in [0.5, 0.6) is 5.75 Å². The Hall–Kier alpha value is -3.61. The summed E-state index contributed by atoms with van der Waals surface area (Å²) in [7, 11) is 3.52. The Balaban J connectivity index is 1.71. The highest BCUT2D eigenvalue weighted by Crippen LogP contribution is 2.25. The Labute approximate surface area is 157 Å². The molecule has 0 atom stereocenters. The number of methoxy groups -OCH3 is 1. The molecular formula is C20H20N6O. The topological polar surface area (TPSA) is 76.9 Å². The molecule has 27 heavy (non-hydrogen) atoms. The summed E-state index contributed by atoms with van der Waals surface area (Å²) in [6.45, 7) is 0.670. The molecule has 0 spiro atoms. The molecule has 0 fully saturated rings. The van der Waals surface area contributed by atoms with Crippen LogP contribution in [0.3, 0.4) is 0 Å². The van der Waals surface area contributed by atoms with E-state index in [4.69, 9.17) is 4.74 Å². The Kier molecular flexibility index (Phi) is 4.57. The van der Waals surface area contributed by atoms with Crippen molar-refractivity contribution in [1.82, 2.24) is 19.5 Å². The number of benzene rings is 1. The first-order valence-electron chi connectivity index (χ1n) is 8.61. The minimum atomic E-state index is 0.670. The Morgan fingerprint density at radius 3 is 2.81 bits per heavy atom. The van der Waals surface area contributed by atoms with E-state index < -0.39 is 0 Å². The molecule has 0 aliphatic rings. The highest BCUT2D eigenvalue weighted by Gasteiger charge is 2.12. The van der Waals surface area contributed by atoms with Gasteiger partial charge >= 0.3 is 0 Å². The van der Waals surface area contributed by atoms with Gasteiger partial charge in [0, 0.05) is 37.3 Å². The van der Waals surface area contributed by atoms with Gasteiger partial charge in [-0.3, -0.25) is 4.98 Å². The average molecular weight is 360 g/mol. The summed E-state index contributed by atoms with van der Waals surface area (Å²) in [5.74, 6) is 2.32. The molecule has 136 valence electrons. The molecular weight excluding hydrogens is 340 g/mol. The summed E-state index contributed by atoms with van der Waals surface area (Å²) in [5.41, 5.74) is 3.84. The number of aromatic nitrogens is 4. The van der Waals surface area contributed by atoms with Crippen molar-refractivity contribution in [2.75, 3.05) is 24.8 Å². The van der Waals surface area contributed by atoms with Crippen molar-refractivity contribution in [3.8, 4) is 5.75 Å². The maximum atomic E-state index is 5.28. The summed E-state index contributed by atoms with van der Waals surface area (Å²) in [5, 5.41) is 6.48. The SMILES string of the molecule is CNc1nc2cnc(Nc3cccc(OC)c3)cc2n1Cc1cccnc1. The second-order valence-corrected chi connectivity index (χ2v) is 6.05. The maximum absolute atomic E-state index is 5.28. The Morgan fingerprint density at radius 2 is 2.04 bits per heavy atom. The highest BCUT2D eigenvalue weighted by molar-refractivity contribution is 5.81. The molecule has 1 aromatic carbocycles. The second-order valence-electron chi connectivity index (χ2n) is 6.05. The van der Waals surface area contributed by atoms with E-state index in [2.05, 4.69) is 36.2 Å². The average Bonchev–Trinajstić information content (AvgIpc) is 3.06. The number of hydrogen-bond acceptors (Lipinski definition) is 6. The van der Waals surface area contributed by atoms with Gasteiger partial charge in [-0.25, -0.2) is 9.97 Å². The molecule has 0 aliphatic heterocycles. The van der Waals surface area contributed by atoms with Gasteiger partial charge in [0.05, 0.1) is 25.4 Å². The summed E-state index contributed by atoms with van der Waals surface area (Å²) in [4.78, 5) is 13.3. The number of anilines is 3. The first-order valence-corrected chi connectivity index (χ1v) is 8.61. The smallest absolute Gasteiger partial charge is 0.203 e. The van der Waals surface area contributed by atoms with Crippen LogP contribution in [-0.2, 0) is 6.54 Å². The zero-order chi connectivity index (χ0) is 18.6. The number of rotatable bonds is 6. The van der Waals surface area contributed by atoms with Crippen molar-refractivity contribution in [1.29, 1.82) is 0 Å². The first-order chi connectivity index (χ1) is 13.3. The molecule has 2 N–H and O–H groups in total. The van der Waals surface area contributed by atoms with Crippen molar-refractivity contribution in [2.24, 2.45) is 0 Å². The molecule has 0 saturated carbocycles. The van der Waals surface area contributed by atoms with Crippen LogP contribution in [0.25, 0.3) is 11.0 Å². The van der Waals surface area contributed by atoms with Gasteiger partial charge in [-0.2, -0.15) is 0 Å². The third-order valence-electron chi connectivity index (χ3n) is 4.26. The highest BCUT2D eigenvalue weighted by atomic mass is 16.5. The van der Waals surface area contributed by atoms with E-state index in [1.54, 1.807) is 19.5 Å². The lowest BCUT2D eigenvalue weighted by Gasteiger charge is -2.10. The lowest BCUT2D eigenvalue weighted by Crippen LogP contribution is -2.05. The largest absolute Gasteiger partial charge is 0.497 e. The molecule has 0 saturated heterocycles. The minimum absolute atomic E-state index is 0.670. The summed E-state index contributed by atoms with van der Waals surface area (Å²) >= 11 is 0. The molecule has 7 heteroatoms. The number of nitrogens with zero attached hydrogens (tertiary/aromatic N) is 4. The van der Waals surface area contributed by atoms with Crippen molar-refractivity contribution in [2.45, 2.75) is 6.54 Å². The second kappa shape index (κ2) is 7.33. The standard InChI is InChI=1S/C20H20N6O/c1-21-20-25-17-12-23-19(24-15-6-3-7-16(9-15)27-2)10-18(17)26(20)13-14-5-4-8-22-11-14/h3-12H,13H2,1-2H3,(H,21,25)(H,23,24). The zero-order valence-electron chi connectivity index (χ0n) is 15.2. The van der Waals surface area contributed by atoms with Crippen molar-refractivity contribution >= 4 is 28.5 Å². The van der Waals surface area contributed by atoms with Gasteiger partial charge in [-0.1, -0.05) is 12.1 Å². The fraction of sp³-hybridized carbons (Fsp3) is 0.150. The van der Waals surface area contributed by atoms with Crippen LogP contribution in [0, 0.1) is 0 Å². The van der Waals surface area contributed by atoms with Gasteiger partial charge in [0.2, 0.25) is 5.95 Å². The van der Waals surface area contributed by atoms with Gasteiger partial charge in [0.15, 0.2) is 0 Å².